The van der Waals surface area contributed by atoms with Crippen LogP contribution in [0.5, 0.6) is 5.75 Å². The Bertz CT molecular complexity index is 555. The molecule has 0 radical (unpaired) electrons. The van der Waals surface area contributed by atoms with E-state index in [1.165, 1.54) is 0 Å². The summed E-state index contributed by atoms with van der Waals surface area (Å²) in [4.78, 5) is 6.71. The van der Waals surface area contributed by atoms with Gasteiger partial charge in [0.15, 0.2) is 0 Å². The zero-order chi connectivity index (χ0) is 14.4. The van der Waals surface area contributed by atoms with Crippen LogP contribution in [0.4, 0.5) is 0 Å². The summed E-state index contributed by atoms with van der Waals surface area (Å²) in [7, 11) is 0. The van der Waals surface area contributed by atoms with Crippen molar-refractivity contribution in [2.75, 3.05) is 26.2 Å². The average Bonchev–Trinajstić information content (AvgIpc) is 2.47. The highest BCUT2D eigenvalue weighted by molar-refractivity contribution is 6.31. The van der Waals surface area contributed by atoms with Crippen LogP contribution in [0.15, 0.2) is 30.5 Å². The zero-order valence-corrected chi connectivity index (χ0v) is 12.9. The summed E-state index contributed by atoms with van der Waals surface area (Å²) in [5, 5.41) is 1.71. The van der Waals surface area contributed by atoms with Crippen LogP contribution in [0.2, 0.25) is 5.02 Å². The third-order valence-corrected chi connectivity index (χ3v) is 3.67. The van der Waals surface area contributed by atoms with Gasteiger partial charge in [0.2, 0.25) is 0 Å². The monoisotopic (exact) mass is 292 g/mol. The molecule has 0 aliphatic carbocycles. The lowest BCUT2D eigenvalue weighted by Gasteiger charge is -2.17. The number of halogens is 1. The van der Waals surface area contributed by atoms with Crippen molar-refractivity contribution >= 4 is 22.5 Å². The molecule has 4 heteroatoms. The van der Waals surface area contributed by atoms with Gasteiger partial charge in [-0.05, 0) is 43.8 Å². The number of benzene rings is 1. The molecule has 108 valence electrons. The van der Waals surface area contributed by atoms with E-state index < -0.39 is 0 Å². The number of rotatable bonds is 7. The van der Waals surface area contributed by atoms with E-state index in [1.54, 1.807) is 6.20 Å². The van der Waals surface area contributed by atoms with Gasteiger partial charge in [-0.1, -0.05) is 25.4 Å². The highest BCUT2D eigenvalue weighted by atomic mass is 35.5. The molecule has 0 saturated carbocycles. The lowest BCUT2D eigenvalue weighted by Crippen LogP contribution is -2.25. The maximum absolute atomic E-state index is 5.98. The van der Waals surface area contributed by atoms with Gasteiger partial charge in [-0.3, -0.25) is 4.98 Å². The maximum atomic E-state index is 5.98. The fraction of sp³-hybridized carbons (Fsp3) is 0.438. The Morgan fingerprint density at radius 2 is 2.00 bits per heavy atom. The van der Waals surface area contributed by atoms with Gasteiger partial charge < -0.3 is 9.64 Å². The van der Waals surface area contributed by atoms with Crippen LogP contribution in [-0.2, 0) is 0 Å². The molecule has 0 amide bonds. The van der Waals surface area contributed by atoms with Crippen molar-refractivity contribution in [3.05, 3.63) is 35.5 Å². The number of nitrogens with zero attached hydrogens (tertiary/aromatic N) is 2. The Morgan fingerprint density at radius 1 is 1.20 bits per heavy atom. The molecule has 0 bridgehead atoms. The quantitative estimate of drug-likeness (QED) is 0.721. The Morgan fingerprint density at radius 3 is 2.75 bits per heavy atom. The van der Waals surface area contributed by atoms with Gasteiger partial charge in [0.25, 0.3) is 0 Å². The van der Waals surface area contributed by atoms with Crippen LogP contribution < -0.4 is 4.74 Å². The van der Waals surface area contributed by atoms with Gasteiger partial charge >= 0.3 is 0 Å². The minimum Gasteiger partial charge on any atom is -0.493 e. The fourth-order valence-corrected chi connectivity index (χ4v) is 2.40. The van der Waals surface area contributed by atoms with Gasteiger partial charge in [0.1, 0.15) is 5.75 Å². The summed E-state index contributed by atoms with van der Waals surface area (Å²) in [5.41, 5.74) is 0.874. The van der Waals surface area contributed by atoms with Gasteiger partial charge in [0, 0.05) is 23.2 Å². The first-order valence-electron chi connectivity index (χ1n) is 7.14. The molecular weight excluding hydrogens is 272 g/mol. The van der Waals surface area contributed by atoms with E-state index in [4.69, 9.17) is 16.3 Å². The minimum absolute atomic E-state index is 0.698. The molecule has 3 nitrogen and oxygen atoms in total. The molecule has 1 aromatic carbocycles. The Kier molecular flexibility index (Phi) is 5.62. The second-order valence-electron chi connectivity index (χ2n) is 4.70. The molecule has 0 unspecified atom stereocenters. The predicted molar refractivity (Wildman–Crippen MR) is 84.7 cm³/mol. The molecule has 0 aliphatic heterocycles. The molecule has 20 heavy (non-hydrogen) atoms. The van der Waals surface area contributed by atoms with E-state index in [2.05, 4.69) is 23.7 Å². The largest absolute Gasteiger partial charge is 0.493 e. The van der Waals surface area contributed by atoms with E-state index in [0.717, 1.165) is 49.3 Å². The second-order valence-corrected chi connectivity index (χ2v) is 5.14. The van der Waals surface area contributed by atoms with Crippen LogP contribution in [0.3, 0.4) is 0 Å². The summed E-state index contributed by atoms with van der Waals surface area (Å²) >= 11 is 5.98. The van der Waals surface area contributed by atoms with Crippen molar-refractivity contribution in [2.45, 2.75) is 20.3 Å². The zero-order valence-electron chi connectivity index (χ0n) is 12.1. The Hall–Kier alpha value is -1.32. The van der Waals surface area contributed by atoms with Crippen LogP contribution in [0.1, 0.15) is 20.3 Å². The van der Waals surface area contributed by atoms with E-state index >= 15 is 0 Å². The van der Waals surface area contributed by atoms with Crippen molar-refractivity contribution in [1.82, 2.24) is 9.88 Å². The van der Waals surface area contributed by atoms with Gasteiger partial charge in [-0.25, -0.2) is 0 Å². The standard InChI is InChI=1S/C16H21ClN2O/c1-3-19(4-2)10-5-11-20-16-8-9-18-15-12-13(17)6-7-14(15)16/h6-9,12H,3-5,10-11H2,1-2H3. The normalized spacial score (nSPS) is 11.2. The molecule has 0 N–H and O–H groups in total. The summed E-state index contributed by atoms with van der Waals surface area (Å²) in [6.45, 7) is 8.34. The smallest absolute Gasteiger partial charge is 0.130 e. The SMILES string of the molecule is CCN(CC)CCCOc1ccnc2cc(Cl)ccc12. The van der Waals surface area contributed by atoms with E-state index in [-0.39, 0.29) is 0 Å². The van der Waals surface area contributed by atoms with Crippen LogP contribution in [0.25, 0.3) is 10.9 Å². The van der Waals surface area contributed by atoms with Gasteiger partial charge in [0.05, 0.1) is 12.1 Å². The molecule has 2 rings (SSSR count). The fourth-order valence-electron chi connectivity index (χ4n) is 2.23. The summed E-state index contributed by atoms with van der Waals surface area (Å²) < 4.78 is 5.89. The Labute approximate surface area is 125 Å². The van der Waals surface area contributed by atoms with E-state index in [1.807, 2.05) is 24.3 Å². The number of pyridine rings is 1. The highest BCUT2D eigenvalue weighted by Crippen LogP contribution is 2.26. The summed E-state index contributed by atoms with van der Waals surface area (Å²) in [6, 6.07) is 7.60. The first kappa shape index (κ1) is 15.1. The van der Waals surface area contributed by atoms with Crippen molar-refractivity contribution in [1.29, 1.82) is 0 Å². The number of ether oxygens (including phenoxy) is 1. The Balaban J connectivity index is 1.96. The molecule has 1 heterocycles. The molecule has 1 aromatic heterocycles. The topological polar surface area (TPSA) is 25.4 Å². The lowest BCUT2D eigenvalue weighted by atomic mass is 10.2. The van der Waals surface area contributed by atoms with Gasteiger partial charge in [-0.15, -0.1) is 0 Å². The third kappa shape index (κ3) is 3.84. The average molecular weight is 293 g/mol. The van der Waals surface area contributed by atoms with E-state index in [0.29, 0.717) is 5.02 Å². The van der Waals surface area contributed by atoms with Crippen molar-refractivity contribution in [2.24, 2.45) is 0 Å². The van der Waals surface area contributed by atoms with Crippen molar-refractivity contribution < 1.29 is 4.74 Å². The van der Waals surface area contributed by atoms with E-state index in [9.17, 15) is 0 Å². The van der Waals surface area contributed by atoms with Gasteiger partial charge in [-0.2, -0.15) is 0 Å². The molecule has 0 saturated heterocycles. The van der Waals surface area contributed by atoms with Crippen LogP contribution >= 0.6 is 11.6 Å². The van der Waals surface area contributed by atoms with Crippen molar-refractivity contribution in [3.8, 4) is 5.75 Å². The first-order chi connectivity index (χ1) is 9.74. The predicted octanol–water partition coefficient (Wildman–Crippen LogP) is 4.00. The molecule has 0 spiro atoms. The summed E-state index contributed by atoms with van der Waals surface area (Å²) in [6.07, 6.45) is 2.79. The number of hydrogen-bond acceptors (Lipinski definition) is 3. The maximum Gasteiger partial charge on any atom is 0.130 e. The third-order valence-electron chi connectivity index (χ3n) is 3.44. The van der Waals surface area contributed by atoms with Crippen LogP contribution in [0, 0.1) is 0 Å². The molecular formula is C16H21ClN2O. The minimum atomic E-state index is 0.698. The van der Waals surface area contributed by atoms with Crippen molar-refractivity contribution in [3.63, 3.8) is 0 Å². The molecule has 0 fully saturated rings. The highest BCUT2D eigenvalue weighted by Gasteiger charge is 2.04. The summed E-state index contributed by atoms with van der Waals surface area (Å²) in [5.74, 6) is 0.881. The second kappa shape index (κ2) is 7.46. The number of fused-ring (bicyclic) bond motifs is 1. The lowest BCUT2D eigenvalue weighted by molar-refractivity contribution is 0.250. The molecule has 0 aliphatic rings. The molecule has 2 aromatic rings. The number of hydrogen-bond donors (Lipinski definition) is 0. The number of aromatic nitrogens is 1. The molecule has 0 atom stereocenters. The van der Waals surface area contributed by atoms with Crippen LogP contribution in [-0.4, -0.2) is 36.1 Å². The first-order valence-corrected chi connectivity index (χ1v) is 7.51.